The highest BCUT2D eigenvalue weighted by molar-refractivity contribution is 6.02. The monoisotopic (exact) mass is 410 g/mol. The van der Waals surface area contributed by atoms with Gasteiger partial charge < -0.3 is 14.2 Å². The van der Waals surface area contributed by atoms with Gasteiger partial charge in [-0.25, -0.2) is 0 Å². The molecule has 5 heteroatoms. The highest BCUT2D eigenvalue weighted by Gasteiger charge is 2.70. The van der Waals surface area contributed by atoms with Crippen LogP contribution in [0.25, 0.3) is 0 Å². The number of ether oxygens (including phenoxy) is 3. The summed E-state index contributed by atoms with van der Waals surface area (Å²) in [4.78, 5) is 27.1. The van der Waals surface area contributed by atoms with E-state index >= 15 is 0 Å². The molecule has 2 aromatic carbocycles. The fourth-order valence-electron chi connectivity index (χ4n) is 4.51. The fourth-order valence-corrected chi connectivity index (χ4v) is 4.51. The van der Waals surface area contributed by atoms with Crippen molar-refractivity contribution in [2.75, 3.05) is 13.2 Å². The van der Waals surface area contributed by atoms with Crippen LogP contribution in [-0.2, 0) is 30.2 Å². The second kappa shape index (κ2) is 9.00. The SMILES string of the molecule is CCOC(=O)C1(C(=O)OCC)[C@H](Cc2ccccc2)C(C)(C)O[C@H]1c1ccccc1. The maximum atomic E-state index is 13.6. The maximum absolute atomic E-state index is 13.6. The zero-order valence-electron chi connectivity index (χ0n) is 18.1. The summed E-state index contributed by atoms with van der Waals surface area (Å²) in [6, 6.07) is 19.2. The van der Waals surface area contributed by atoms with Crippen LogP contribution < -0.4 is 0 Å². The van der Waals surface area contributed by atoms with Crippen LogP contribution in [0.2, 0.25) is 0 Å². The average molecular weight is 411 g/mol. The van der Waals surface area contributed by atoms with Crippen molar-refractivity contribution < 1.29 is 23.8 Å². The molecule has 3 rings (SSSR count). The third-order valence-electron chi connectivity index (χ3n) is 5.84. The van der Waals surface area contributed by atoms with E-state index in [1.54, 1.807) is 13.8 Å². The van der Waals surface area contributed by atoms with Gasteiger partial charge in [0.15, 0.2) is 0 Å². The Morgan fingerprint density at radius 2 is 1.37 bits per heavy atom. The minimum Gasteiger partial charge on any atom is -0.465 e. The molecule has 5 nitrogen and oxygen atoms in total. The lowest BCUT2D eigenvalue weighted by Crippen LogP contribution is -2.52. The molecule has 2 aromatic rings. The van der Waals surface area contributed by atoms with E-state index in [-0.39, 0.29) is 13.2 Å². The van der Waals surface area contributed by atoms with Gasteiger partial charge in [0.25, 0.3) is 0 Å². The summed E-state index contributed by atoms with van der Waals surface area (Å²) >= 11 is 0. The Labute approximate surface area is 178 Å². The lowest BCUT2D eigenvalue weighted by Gasteiger charge is -2.36. The highest BCUT2D eigenvalue weighted by atomic mass is 16.6. The summed E-state index contributed by atoms with van der Waals surface area (Å²) < 4.78 is 17.4. The minimum atomic E-state index is -1.60. The van der Waals surface area contributed by atoms with E-state index in [1.807, 2.05) is 74.5 Å². The molecular weight excluding hydrogens is 380 g/mol. The van der Waals surface area contributed by atoms with Gasteiger partial charge in [0.05, 0.1) is 18.8 Å². The van der Waals surface area contributed by atoms with Gasteiger partial charge in [-0.2, -0.15) is 0 Å². The zero-order valence-corrected chi connectivity index (χ0v) is 18.1. The quantitative estimate of drug-likeness (QED) is 0.497. The van der Waals surface area contributed by atoms with Crippen molar-refractivity contribution in [2.24, 2.45) is 11.3 Å². The fraction of sp³-hybridized carbons (Fsp3) is 0.440. The molecule has 1 heterocycles. The normalized spacial score (nSPS) is 21.7. The molecular formula is C25H30O5. The third-order valence-corrected chi connectivity index (χ3v) is 5.84. The van der Waals surface area contributed by atoms with Crippen LogP contribution in [0.4, 0.5) is 0 Å². The van der Waals surface area contributed by atoms with Crippen molar-refractivity contribution in [3.05, 3.63) is 71.8 Å². The van der Waals surface area contributed by atoms with Crippen molar-refractivity contribution in [2.45, 2.75) is 45.8 Å². The highest BCUT2D eigenvalue weighted by Crippen LogP contribution is 2.58. The van der Waals surface area contributed by atoms with E-state index in [0.29, 0.717) is 6.42 Å². The molecule has 1 aliphatic rings. The lowest BCUT2D eigenvalue weighted by molar-refractivity contribution is -0.179. The van der Waals surface area contributed by atoms with Gasteiger partial charge in [-0.1, -0.05) is 60.7 Å². The van der Waals surface area contributed by atoms with Crippen molar-refractivity contribution in [1.29, 1.82) is 0 Å². The zero-order chi connectivity index (χ0) is 21.8. The van der Waals surface area contributed by atoms with Crippen LogP contribution in [-0.4, -0.2) is 30.8 Å². The largest absolute Gasteiger partial charge is 0.465 e. The molecule has 0 radical (unpaired) electrons. The number of rotatable bonds is 7. The Hall–Kier alpha value is -2.66. The number of carbonyl (C=O) groups is 2. The Morgan fingerprint density at radius 1 is 0.867 bits per heavy atom. The standard InChI is InChI=1S/C25H30O5/c1-5-28-22(26)25(23(27)29-6-2)20(17-18-13-9-7-10-14-18)24(3,4)30-21(25)19-15-11-8-12-16-19/h7-16,20-21H,5-6,17H2,1-4H3/t20-,21+/m1/s1. The summed E-state index contributed by atoms with van der Waals surface area (Å²) in [5, 5.41) is 0. The van der Waals surface area contributed by atoms with Gasteiger partial charge in [-0.05, 0) is 45.2 Å². The van der Waals surface area contributed by atoms with E-state index < -0.39 is 35.0 Å². The molecule has 1 saturated heterocycles. The Bertz CT molecular complexity index is 842. The molecule has 0 aromatic heterocycles. The minimum absolute atomic E-state index is 0.167. The first-order valence-corrected chi connectivity index (χ1v) is 10.5. The van der Waals surface area contributed by atoms with Crippen molar-refractivity contribution in [3.63, 3.8) is 0 Å². The number of benzene rings is 2. The number of esters is 2. The molecule has 2 atom stereocenters. The van der Waals surface area contributed by atoms with Crippen LogP contribution in [0.5, 0.6) is 0 Å². The van der Waals surface area contributed by atoms with Crippen molar-refractivity contribution in [3.8, 4) is 0 Å². The number of hydrogen-bond donors (Lipinski definition) is 0. The summed E-state index contributed by atoms with van der Waals surface area (Å²) in [7, 11) is 0. The maximum Gasteiger partial charge on any atom is 0.327 e. The van der Waals surface area contributed by atoms with E-state index in [2.05, 4.69) is 0 Å². The first-order chi connectivity index (χ1) is 14.4. The molecule has 1 fully saturated rings. The van der Waals surface area contributed by atoms with Crippen LogP contribution in [0.1, 0.15) is 44.9 Å². The second-order valence-corrected chi connectivity index (χ2v) is 8.06. The van der Waals surface area contributed by atoms with E-state index in [1.165, 1.54) is 0 Å². The van der Waals surface area contributed by atoms with Crippen LogP contribution >= 0.6 is 0 Å². The smallest absolute Gasteiger partial charge is 0.327 e. The molecule has 0 amide bonds. The first kappa shape index (κ1) is 22.0. The average Bonchev–Trinajstić information content (AvgIpc) is 2.98. The first-order valence-electron chi connectivity index (χ1n) is 10.5. The summed E-state index contributed by atoms with van der Waals surface area (Å²) in [5.74, 6) is -1.66. The molecule has 0 unspecified atom stereocenters. The molecule has 0 bridgehead atoms. The predicted octanol–water partition coefficient (Wildman–Crippen LogP) is 4.51. The van der Waals surface area contributed by atoms with E-state index in [0.717, 1.165) is 11.1 Å². The molecule has 0 N–H and O–H groups in total. The lowest BCUT2D eigenvalue weighted by atomic mass is 9.64. The van der Waals surface area contributed by atoms with Gasteiger partial charge in [-0.3, -0.25) is 9.59 Å². The summed E-state index contributed by atoms with van der Waals surface area (Å²) in [6.45, 7) is 7.66. The molecule has 0 saturated carbocycles. The Balaban J connectivity index is 2.22. The van der Waals surface area contributed by atoms with Crippen molar-refractivity contribution >= 4 is 11.9 Å². The third kappa shape index (κ3) is 3.86. The molecule has 160 valence electrons. The van der Waals surface area contributed by atoms with Crippen LogP contribution in [0.15, 0.2) is 60.7 Å². The summed E-state index contributed by atoms with van der Waals surface area (Å²) in [5.41, 5.74) is -0.601. The van der Waals surface area contributed by atoms with Gasteiger partial charge in [0.1, 0.15) is 6.10 Å². The second-order valence-electron chi connectivity index (χ2n) is 8.06. The van der Waals surface area contributed by atoms with Crippen LogP contribution in [0, 0.1) is 11.3 Å². The van der Waals surface area contributed by atoms with Gasteiger partial charge >= 0.3 is 11.9 Å². The van der Waals surface area contributed by atoms with E-state index in [4.69, 9.17) is 14.2 Å². The van der Waals surface area contributed by atoms with Crippen LogP contribution in [0.3, 0.4) is 0 Å². The summed E-state index contributed by atoms with van der Waals surface area (Å²) in [6.07, 6.45) is -0.324. The molecule has 1 aliphatic heterocycles. The Morgan fingerprint density at radius 3 is 1.87 bits per heavy atom. The molecule has 0 aliphatic carbocycles. The number of carbonyl (C=O) groups excluding carboxylic acids is 2. The van der Waals surface area contributed by atoms with E-state index in [9.17, 15) is 9.59 Å². The molecule has 0 spiro atoms. The van der Waals surface area contributed by atoms with Crippen molar-refractivity contribution in [1.82, 2.24) is 0 Å². The molecule has 30 heavy (non-hydrogen) atoms. The number of hydrogen-bond acceptors (Lipinski definition) is 5. The Kier molecular flexibility index (Phi) is 6.61. The van der Waals surface area contributed by atoms with Gasteiger partial charge in [0.2, 0.25) is 5.41 Å². The van der Waals surface area contributed by atoms with Gasteiger partial charge in [0, 0.05) is 5.92 Å². The predicted molar refractivity (Wildman–Crippen MR) is 114 cm³/mol. The van der Waals surface area contributed by atoms with Gasteiger partial charge in [-0.15, -0.1) is 0 Å². The topological polar surface area (TPSA) is 61.8 Å².